The maximum Gasteiger partial charge on any atom is 0.317 e. The summed E-state index contributed by atoms with van der Waals surface area (Å²) in [5, 5.41) is 11.9. The van der Waals surface area contributed by atoms with Crippen LogP contribution in [0.15, 0.2) is 0 Å². The number of carbonyl (C=O) groups is 2. The first-order chi connectivity index (χ1) is 9.54. The van der Waals surface area contributed by atoms with Gasteiger partial charge in [0.1, 0.15) is 0 Å². The molecule has 1 aliphatic rings. The number of ether oxygens (including phenoxy) is 1. The summed E-state index contributed by atoms with van der Waals surface area (Å²) in [6.07, 6.45) is 2.44. The minimum Gasteiger partial charge on any atom is -0.481 e. The van der Waals surface area contributed by atoms with Crippen LogP contribution in [0, 0.1) is 11.8 Å². The molecular formula is C14H26N2O4. The van der Waals surface area contributed by atoms with Gasteiger partial charge < -0.3 is 20.1 Å². The number of aliphatic carboxylic acids is 1. The predicted molar refractivity (Wildman–Crippen MR) is 75.6 cm³/mol. The van der Waals surface area contributed by atoms with Gasteiger partial charge in [0.15, 0.2) is 0 Å². The average Bonchev–Trinajstić information content (AvgIpc) is 2.41. The van der Waals surface area contributed by atoms with E-state index in [1.54, 1.807) is 4.90 Å². The Balaban J connectivity index is 2.26. The van der Waals surface area contributed by atoms with Crippen LogP contribution in [0.3, 0.4) is 0 Å². The Morgan fingerprint density at radius 3 is 2.75 bits per heavy atom. The molecular weight excluding hydrogens is 260 g/mol. The Morgan fingerprint density at radius 2 is 2.10 bits per heavy atom. The van der Waals surface area contributed by atoms with Gasteiger partial charge in [0, 0.05) is 32.8 Å². The van der Waals surface area contributed by atoms with Crippen molar-refractivity contribution in [1.82, 2.24) is 10.2 Å². The van der Waals surface area contributed by atoms with Gasteiger partial charge in [-0.3, -0.25) is 4.79 Å². The lowest BCUT2D eigenvalue weighted by Gasteiger charge is -2.34. The molecule has 6 heteroatoms. The van der Waals surface area contributed by atoms with Crippen molar-refractivity contribution in [3.8, 4) is 0 Å². The normalized spacial score (nSPS) is 22.6. The van der Waals surface area contributed by atoms with E-state index < -0.39 is 11.9 Å². The van der Waals surface area contributed by atoms with Gasteiger partial charge in [-0.2, -0.15) is 0 Å². The lowest BCUT2D eigenvalue weighted by molar-refractivity contribution is -0.143. The monoisotopic (exact) mass is 286 g/mol. The van der Waals surface area contributed by atoms with Crippen molar-refractivity contribution < 1.29 is 19.4 Å². The molecule has 1 aliphatic heterocycles. The Morgan fingerprint density at radius 1 is 1.35 bits per heavy atom. The molecule has 2 atom stereocenters. The summed E-state index contributed by atoms with van der Waals surface area (Å²) in [4.78, 5) is 24.7. The number of hydrogen-bond acceptors (Lipinski definition) is 3. The number of carbonyl (C=O) groups excluding carboxylic acids is 1. The molecule has 6 nitrogen and oxygen atoms in total. The molecule has 2 unspecified atom stereocenters. The second kappa shape index (κ2) is 8.79. The molecule has 0 aromatic heterocycles. The van der Waals surface area contributed by atoms with E-state index in [2.05, 4.69) is 5.32 Å². The summed E-state index contributed by atoms with van der Waals surface area (Å²) < 4.78 is 5.22. The first-order valence-electron chi connectivity index (χ1n) is 7.37. The molecule has 0 aromatic carbocycles. The van der Waals surface area contributed by atoms with Crippen molar-refractivity contribution in [3.63, 3.8) is 0 Å². The molecule has 0 aliphatic carbocycles. The fourth-order valence-electron chi connectivity index (χ4n) is 2.48. The Bertz CT molecular complexity index is 322. The van der Waals surface area contributed by atoms with Crippen molar-refractivity contribution >= 4 is 12.0 Å². The molecule has 2 amide bonds. The second-order valence-corrected chi connectivity index (χ2v) is 5.42. The van der Waals surface area contributed by atoms with E-state index in [0.717, 1.165) is 12.8 Å². The number of carboxylic acid groups (broad SMARTS) is 1. The smallest absolute Gasteiger partial charge is 0.317 e. The minimum atomic E-state index is -0.814. The van der Waals surface area contributed by atoms with Crippen LogP contribution in [-0.2, 0) is 9.53 Å². The van der Waals surface area contributed by atoms with Crippen molar-refractivity contribution in [3.05, 3.63) is 0 Å². The molecule has 0 aromatic rings. The van der Waals surface area contributed by atoms with E-state index in [4.69, 9.17) is 9.84 Å². The van der Waals surface area contributed by atoms with E-state index in [1.165, 1.54) is 0 Å². The molecule has 0 radical (unpaired) electrons. The third kappa shape index (κ3) is 5.77. The molecule has 1 saturated heterocycles. The minimum absolute atomic E-state index is 0.154. The summed E-state index contributed by atoms with van der Waals surface area (Å²) in [6.45, 7) is 6.92. The van der Waals surface area contributed by atoms with E-state index >= 15 is 0 Å². The average molecular weight is 286 g/mol. The quantitative estimate of drug-likeness (QED) is 0.696. The molecule has 1 fully saturated rings. The number of likely N-dealkylation sites (tertiary alicyclic amines) is 1. The highest BCUT2D eigenvalue weighted by molar-refractivity contribution is 5.76. The molecule has 2 N–H and O–H groups in total. The van der Waals surface area contributed by atoms with Gasteiger partial charge in [0.05, 0.1) is 5.92 Å². The number of unbranched alkanes of at least 4 members (excludes halogenated alkanes) is 1. The summed E-state index contributed by atoms with van der Waals surface area (Å²) >= 11 is 0. The van der Waals surface area contributed by atoms with Crippen molar-refractivity contribution in [2.45, 2.75) is 33.1 Å². The van der Waals surface area contributed by atoms with Gasteiger partial charge in [0.25, 0.3) is 0 Å². The zero-order valence-corrected chi connectivity index (χ0v) is 12.4. The summed E-state index contributed by atoms with van der Waals surface area (Å²) in [5.41, 5.74) is 0. The number of amides is 2. The number of piperidine rings is 1. The highest BCUT2D eigenvalue weighted by Gasteiger charge is 2.31. The summed E-state index contributed by atoms with van der Waals surface area (Å²) in [5.74, 6) is -1.03. The molecule has 1 heterocycles. The topological polar surface area (TPSA) is 78.9 Å². The first kappa shape index (κ1) is 16.8. The van der Waals surface area contributed by atoms with Gasteiger partial charge in [-0.15, -0.1) is 0 Å². The maximum atomic E-state index is 12.0. The third-order valence-electron chi connectivity index (χ3n) is 3.49. The predicted octanol–water partition coefficient (Wildman–Crippen LogP) is 1.56. The second-order valence-electron chi connectivity index (χ2n) is 5.42. The number of nitrogens with zero attached hydrogens (tertiary/aromatic N) is 1. The fraction of sp³-hybridized carbons (Fsp3) is 0.857. The van der Waals surface area contributed by atoms with Crippen LogP contribution in [0.2, 0.25) is 0 Å². The Labute approximate surface area is 120 Å². The van der Waals surface area contributed by atoms with Crippen LogP contribution < -0.4 is 5.32 Å². The number of urea groups is 1. The largest absolute Gasteiger partial charge is 0.481 e. The maximum absolute atomic E-state index is 12.0. The van der Waals surface area contributed by atoms with Crippen molar-refractivity contribution in [1.29, 1.82) is 0 Å². The molecule has 0 bridgehead atoms. The van der Waals surface area contributed by atoms with Gasteiger partial charge in [-0.05, 0) is 32.1 Å². The molecule has 1 rings (SSSR count). The van der Waals surface area contributed by atoms with Crippen LogP contribution >= 0.6 is 0 Å². The van der Waals surface area contributed by atoms with Gasteiger partial charge in [0.2, 0.25) is 0 Å². The highest BCUT2D eigenvalue weighted by Crippen LogP contribution is 2.21. The molecule has 20 heavy (non-hydrogen) atoms. The van der Waals surface area contributed by atoms with E-state index in [-0.39, 0.29) is 11.9 Å². The number of carboxylic acids is 1. The van der Waals surface area contributed by atoms with Gasteiger partial charge in [-0.1, -0.05) is 6.92 Å². The van der Waals surface area contributed by atoms with E-state index in [9.17, 15) is 9.59 Å². The van der Waals surface area contributed by atoms with Crippen molar-refractivity contribution in [2.24, 2.45) is 11.8 Å². The van der Waals surface area contributed by atoms with Crippen LogP contribution in [-0.4, -0.2) is 54.9 Å². The standard InChI is InChI=1S/C14H26N2O4/c1-3-20-7-5-4-6-15-14(19)16-9-11(2)8-12(10-16)13(17)18/h11-12H,3-10H2,1-2H3,(H,15,19)(H,17,18). The van der Waals surface area contributed by atoms with Crippen LogP contribution in [0.1, 0.15) is 33.1 Å². The Hall–Kier alpha value is -1.30. The SMILES string of the molecule is CCOCCCCNC(=O)N1CC(C)CC(C(=O)O)C1. The number of rotatable bonds is 7. The zero-order valence-electron chi connectivity index (χ0n) is 12.4. The van der Waals surface area contributed by atoms with Crippen LogP contribution in [0.4, 0.5) is 4.79 Å². The summed E-state index contributed by atoms with van der Waals surface area (Å²) in [6, 6.07) is -0.154. The molecule has 0 saturated carbocycles. The summed E-state index contributed by atoms with van der Waals surface area (Å²) in [7, 11) is 0. The molecule has 0 spiro atoms. The number of nitrogens with one attached hydrogen (secondary N) is 1. The fourth-order valence-corrected chi connectivity index (χ4v) is 2.48. The van der Waals surface area contributed by atoms with Crippen LogP contribution in [0.25, 0.3) is 0 Å². The lowest BCUT2D eigenvalue weighted by Crippen LogP contribution is -2.49. The lowest BCUT2D eigenvalue weighted by atomic mass is 9.91. The van der Waals surface area contributed by atoms with Crippen molar-refractivity contribution in [2.75, 3.05) is 32.8 Å². The van der Waals surface area contributed by atoms with Gasteiger partial charge >= 0.3 is 12.0 Å². The molecule has 116 valence electrons. The Kier molecular flexibility index (Phi) is 7.36. The first-order valence-corrected chi connectivity index (χ1v) is 7.37. The highest BCUT2D eigenvalue weighted by atomic mass is 16.5. The zero-order chi connectivity index (χ0) is 15.0. The van der Waals surface area contributed by atoms with Gasteiger partial charge in [-0.25, -0.2) is 4.79 Å². The van der Waals surface area contributed by atoms with Crippen LogP contribution in [0.5, 0.6) is 0 Å². The van der Waals surface area contributed by atoms with E-state index in [1.807, 2.05) is 13.8 Å². The number of hydrogen-bond donors (Lipinski definition) is 2. The third-order valence-corrected chi connectivity index (χ3v) is 3.49. The van der Waals surface area contributed by atoms with E-state index in [0.29, 0.717) is 39.3 Å².